The molecule has 1 heterocycles. The largest absolute Gasteiger partial charge is 0.383 e. The number of hydrogen-bond acceptors (Lipinski definition) is 4. The molecule has 1 amide bonds. The average Bonchev–Trinajstić information content (AvgIpc) is 2.66. The lowest BCUT2D eigenvalue weighted by atomic mass is 10.0. The summed E-state index contributed by atoms with van der Waals surface area (Å²) in [6, 6.07) is 8.28. The zero-order valence-electron chi connectivity index (χ0n) is 16.4. The van der Waals surface area contributed by atoms with E-state index in [0.29, 0.717) is 26.3 Å². The Morgan fingerprint density at radius 1 is 1.37 bits per heavy atom. The zero-order chi connectivity index (χ0) is 18.8. The topological polar surface area (TPSA) is 75.2 Å². The van der Waals surface area contributed by atoms with Gasteiger partial charge in [0, 0.05) is 26.7 Å². The minimum Gasteiger partial charge on any atom is -0.383 e. The van der Waals surface area contributed by atoms with Gasteiger partial charge in [-0.05, 0) is 25.0 Å². The fraction of sp³-hybridized carbons (Fsp3) is 0.579. The first-order valence-corrected chi connectivity index (χ1v) is 9.11. The molecule has 1 unspecified atom stereocenters. The van der Waals surface area contributed by atoms with Crippen molar-refractivity contribution in [2.75, 3.05) is 53.0 Å². The minimum atomic E-state index is -0.110. The summed E-state index contributed by atoms with van der Waals surface area (Å²) in [6.45, 7) is 8.04. The Balaban J connectivity index is 0.00000364. The SMILES string of the molecule is CCNC(=NCC(=O)NCCOC)N1CCOC(c2ccccc2C)C1.I. The lowest BCUT2D eigenvalue weighted by molar-refractivity contribution is -0.119. The second kappa shape index (κ2) is 12.9. The molecule has 1 saturated heterocycles. The number of nitrogens with zero attached hydrogens (tertiary/aromatic N) is 2. The number of aryl methyl sites for hydroxylation is 1. The molecule has 1 fully saturated rings. The number of guanidine groups is 1. The van der Waals surface area contributed by atoms with E-state index in [1.54, 1.807) is 7.11 Å². The third-order valence-electron chi connectivity index (χ3n) is 4.24. The molecule has 1 aromatic carbocycles. The predicted octanol–water partition coefficient (Wildman–Crippen LogP) is 1.71. The number of ether oxygens (including phenoxy) is 2. The second-order valence-electron chi connectivity index (χ2n) is 6.17. The average molecular weight is 490 g/mol. The normalized spacial score (nSPS) is 17.2. The number of morpholine rings is 1. The van der Waals surface area contributed by atoms with Crippen LogP contribution in [-0.4, -0.2) is 69.8 Å². The van der Waals surface area contributed by atoms with Crippen molar-refractivity contribution in [3.8, 4) is 0 Å². The zero-order valence-corrected chi connectivity index (χ0v) is 18.7. The van der Waals surface area contributed by atoms with Gasteiger partial charge in [0.1, 0.15) is 12.6 Å². The van der Waals surface area contributed by atoms with Crippen LogP contribution >= 0.6 is 24.0 Å². The van der Waals surface area contributed by atoms with E-state index in [9.17, 15) is 4.79 Å². The number of hydrogen-bond donors (Lipinski definition) is 2. The van der Waals surface area contributed by atoms with Crippen molar-refractivity contribution in [1.29, 1.82) is 0 Å². The Morgan fingerprint density at radius 2 is 2.15 bits per heavy atom. The van der Waals surface area contributed by atoms with Crippen LogP contribution in [0.2, 0.25) is 0 Å². The Hall–Kier alpha value is -1.39. The van der Waals surface area contributed by atoms with Crippen LogP contribution in [-0.2, 0) is 14.3 Å². The van der Waals surface area contributed by atoms with Crippen LogP contribution in [0.1, 0.15) is 24.2 Å². The van der Waals surface area contributed by atoms with Gasteiger partial charge in [-0.1, -0.05) is 24.3 Å². The molecule has 8 heteroatoms. The molecule has 0 bridgehead atoms. The van der Waals surface area contributed by atoms with Crippen molar-refractivity contribution in [2.45, 2.75) is 20.0 Å². The molecule has 1 aliphatic heterocycles. The monoisotopic (exact) mass is 490 g/mol. The predicted molar refractivity (Wildman–Crippen MR) is 118 cm³/mol. The highest BCUT2D eigenvalue weighted by atomic mass is 127. The van der Waals surface area contributed by atoms with Gasteiger partial charge in [-0.25, -0.2) is 4.99 Å². The Bertz CT molecular complexity index is 612. The minimum absolute atomic E-state index is 0. The third-order valence-corrected chi connectivity index (χ3v) is 4.24. The van der Waals surface area contributed by atoms with Crippen LogP contribution in [0.3, 0.4) is 0 Å². The first-order chi connectivity index (χ1) is 12.7. The number of aliphatic imine (C=N–C) groups is 1. The molecule has 7 nitrogen and oxygen atoms in total. The number of methoxy groups -OCH3 is 1. The Labute approximate surface area is 178 Å². The van der Waals surface area contributed by atoms with Crippen molar-refractivity contribution in [3.05, 3.63) is 35.4 Å². The van der Waals surface area contributed by atoms with E-state index in [1.807, 2.05) is 19.1 Å². The molecule has 0 aliphatic carbocycles. The van der Waals surface area contributed by atoms with E-state index in [2.05, 4.69) is 39.6 Å². The van der Waals surface area contributed by atoms with Gasteiger partial charge in [0.2, 0.25) is 5.91 Å². The van der Waals surface area contributed by atoms with Crippen molar-refractivity contribution in [3.63, 3.8) is 0 Å². The van der Waals surface area contributed by atoms with E-state index >= 15 is 0 Å². The van der Waals surface area contributed by atoms with E-state index in [4.69, 9.17) is 9.47 Å². The number of carbonyl (C=O) groups excluding carboxylic acids is 1. The lowest BCUT2D eigenvalue weighted by Crippen LogP contribution is -2.48. The van der Waals surface area contributed by atoms with E-state index < -0.39 is 0 Å². The standard InChI is InChI=1S/C19H30N4O3.HI/c1-4-20-19(22-13-18(24)21-9-11-25-3)23-10-12-26-17(14-23)16-8-6-5-7-15(16)2;/h5-8,17H,4,9-14H2,1-3H3,(H,20,22)(H,21,24);1H. The summed E-state index contributed by atoms with van der Waals surface area (Å²) in [5.74, 6) is 0.637. The van der Waals surface area contributed by atoms with Gasteiger partial charge < -0.3 is 25.0 Å². The molecule has 2 N–H and O–H groups in total. The number of carbonyl (C=O) groups is 1. The molecule has 0 radical (unpaired) electrons. The van der Waals surface area contributed by atoms with Crippen LogP contribution in [0.4, 0.5) is 0 Å². The fourth-order valence-electron chi connectivity index (χ4n) is 2.90. The fourth-order valence-corrected chi connectivity index (χ4v) is 2.90. The number of amides is 1. The smallest absolute Gasteiger partial charge is 0.241 e. The molecular formula is C19H31IN4O3. The summed E-state index contributed by atoms with van der Waals surface area (Å²) < 4.78 is 10.9. The summed E-state index contributed by atoms with van der Waals surface area (Å²) in [5, 5.41) is 6.06. The highest BCUT2D eigenvalue weighted by Gasteiger charge is 2.25. The maximum atomic E-state index is 11.9. The molecule has 1 aromatic rings. The van der Waals surface area contributed by atoms with Crippen LogP contribution in [0.15, 0.2) is 29.3 Å². The van der Waals surface area contributed by atoms with Gasteiger partial charge in [-0.3, -0.25) is 4.79 Å². The number of benzene rings is 1. The lowest BCUT2D eigenvalue weighted by Gasteiger charge is -2.35. The maximum absolute atomic E-state index is 11.9. The van der Waals surface area contributed by atoms with Crippen LogP contribution < -0.4 is 10.6 Å². The van der Waals surface area contributed by atoms with Crippen LogP contribution in [0.25, 0.3) is 0 Å². The highest BCUT2D eigenvalue weighted by Crippen LogP contribution is 2.24. The summed E-state index contributed by atoms with van der Waals surface area (Å²) in [4.78, 5) is 18.5. The first-order valence-electron chi connectivity index (χ1n) is 9.11. The molecular weight excluding hydrogens is 459 g/mol. The number of nitrogens with one attached hydrogen (secondary N) is 2. The summed E-state index contributed by atoms with van der Waals surface area (Å²) in [5.41, 5.74) is 2.42. The molecule has 1 atom stereocenters. The van der Waals surface area contributed by atoms with Gasteiger partial charge in [0.25, 0.3) is 0 Å². The maximum Gasteiger partial charge on any atom is 0.241 e. The van der Waals surface area contributed by atoms with Crippen molar-refractivity contribution in [1.82, 2.24) is 15.5 Å². The van der Waals surface area contributed by atoms with Gasteiger partial charge in [0.05, 0.1) is 19.8 Å². The number of halogens is 1. The highest BCUT2D eigenvalue weighted by molar-refractivity contribution is 14.0. The van der Waals surface area contributed by atoms with Gasteiger partial charge in [-0.15, -0.1) is 24.0 Å². The molecule has 27 heavy (non-hydrogen) atoms. The van der Waals surface area contributed by atoms with E-state index in [0.717, 1.165) is 19.0 Å². The van der Waals surface area contributed by atoms with Crippen molar-refractivity contribution < 1.29 is 14.3 Å². The van der Waals surface area contributed by atoms with Crippen molar-refractivity contribution in [2.24, 2.45) is 4.99 Å². The van der Waals surface area contributed by atoms with Gasteiger partial charge in [0.15, 0.2) is 5.96 Å². The van der Waals surface area contributed by atoms with Gasteiger partial charge in [-0.2, -0.15) is 0 Å². The first kappa shape index (κ1) is 23.6. The summed E-state index contributed by atoms with van der Waals surface area (Å²) >= 11 is 0. The quantitative estimate of drug-likeness (QED) is 0.264. The van der Waals surface area contributed by atoms with Crippen molar-refractivity contribution >= 4 is 35.8 Å². The van der Waals surface area contributed by atoms with Crippen LogP contribution in [0.5, 0.6) is 0 Å². The molecule has 0 aromatic heterocycles. The summed E-state index contributed by atoms with van der Waals surface area (Å²) in [6.07, 6.45) is 0.00401. The molecule has 0 saturated carbocycles. The van der Waals surface area contributed by atoms with Gasteiger partial charge >= 0.3 is 0 Å². The Morgan fingerprint density at radius 3 is 2.85 bits per heavy atom. The summed E-state index contributed by atoms with van der Waals surface area (Å²) in [7, 11) is 1.61. The van der Waals surface area contributed by atoms with Crippen LogP contribution in [0, 0.1) is 6.92 Å². The molecule has 0 spiro atoms. The molecule has 1 aliphatic rings. The Kier molecular flexibility index (Phi) is 11.3. The van der Waals surface area contributed by atoms with E-state index in [1.165, 1.54) is 11.1 Å². The molecule has 2 rings (SSSR count). The third kappa shape index (κ3) is 7.63. The number of rotatable bonds is 7. The van der Waals surface area contributed by atoms with E-state index in [-0.39, 0.29) is 42.5 Å². The second-order valence-corrected chi connectivity index (χ2v) is 6.17. The molecule has 152 valence electrons.